The number of benzene rings is 1. The van der Waals surface area contributed by atoms with Gasteiger partial charge in [-0.25, -0.2) is 0 Å². The van der Waals surface area contributed by atoms with Crippen LogP contribution in [0, 0.1) is 0 Å². The number of nitrogens with two attached hydrogens (primary N) is 1. The van der Waals surface area contributed by atoms with Gasteiger partial charge in [-0.3, -0.25) is 4.79 Å². The van der Waals surface area contributed by atoms with Gasteiger partial charge in [0, 0.05) is 19.8 Å². The molecular formula is C40H74N2O4. The van der Waals surface area contributed by atoms with Gasteiger partial charge in [-0.2, -0.15) is 0 Å². The third-order valence-electron chi connectivity index (χ3n) is 9.03. The number of hydrogen-bond donors (Lipinski definition) is 3. The van der Waals surface area contributed by atoms with Gasteiger partial charge < -0.3 is 25.6 Å². The van der Waals surface area contributed by atoms with Gasteiger partial charge in [0.05, 0.1) is 18.8 Å². The monoisotopic (exact) mass is 647 g/mol. The first kappa shape index (κ1) is 42.4. The summed E-state index contributed by atoms with van der Waals surface area (Å²) >= 11 is 0. The third kappa shape index (κ3) is 26.4. The molecule has 1 amide bonds. The first-order chi connectivity index (χ1) is 22.6. The summed E-state index contributed by atoms with van der Waals surface area (Å²) in [4.78, 5) is 12.7. The lowest BCUT2D eigenvalue weighted by molar-refractivity contribution is -0.123. The molecule has 0 aromatic heterocycles. The second-order valence-electron chi connectivity index (χ2n) is 13.6. The number of phenolic OH excluding ortho intramolecular Hbond substituents is 1. The molecule has 2 atom stereocenters. The summed E-state index contributed by atoms with van der Waals surface area (Å²) in [5.74, 6) is 0.0198. The number of phenols is 1. The van der Waals surface area contributed by atoms with Crippen LogP contribution < -0.4 is 11.1 Å². The molecule has 0 aliphatic heterocycles. The molecule has 0 spiro atoms. The number of hydrogen-bond acceptors (Lipinski definition) is 5. The van der Waals surface area contributed by atoms with Crippen LogP contribution >= 0.6 is 0 Å². The molecule has 0 aliphatic rings. The molecule has 268 valence electrons. The quantitative estimate of drug-likeness (QED) is 0.0648. The van der Waals surface area contributed by atoms with Crippen molar-refractivity contribution in [3.05, 3.63) is 29.8 Å². The van der Waals surface area contributed by atoms with Crippen LogP contribution in [0.2, 0.25) is 0 Å². The normalized spacial score (nSPS) is 12.8. The first-order valence-electron chi connectivity index (χ1n) is 19.6. The van der Waals surface area contributed by atoms with E-state index >= 15 is 0 Å². The molecular weight excluding hydrogens is 572 g/mol. The zero-order valence-electron chi connectivity index (χ0n) is 30.2. The summed E-state index contributed by atoms with van der Waals surface area (Å²) in [6.07, 6.45) is 32.0. The van der Waals surface area contributed by atoms with Gasteiger partial charge in [0.25, 0.3) is 0 Å². The Labute approximate surface area is 284 Å². The zero-order chi connectivity index (χ0) is 33.3. The maximum absolute atomic E-state index is 12.7. The highest BCUT2D eigenvalue weighted by molar-refractivity contribution is 5.81. The zero-order valence-corrected chi connectivity index (χ0v) is 30.2. The minimum atomic E-state index is -0.650. The molecule has 6 heteroatoms. The van der Waals surface area contributed by atoms with Crippen LogP contribution in [0.3, 0.4) is 0 Å². The molecule has 0 bridgehead atoms. The van der Waals surface area contributed by atoms with Crippen molar-refractivity contribution >= 4 is 5.91 Å². The van der Waals surface area contributed by atoms with E-state index in [4.69, 9.17) is 15.2 Å². The third-order valence-corrected chi connectivity index (χ3v) is 9.03. The number of rotatable bonds is 34. The summed E-state index contributed by atoms with van der Waals surface area (Å²) in [5.41, 5.74) is 7.11. The van der Waals surface area contributed by atoms with Gasteiger partial charge in [-0.05, 0) is 37.0 Å². The highest BCUT2D eigenvalue weighted by atomic mass is 16.5. The second-order valence-corrected chi connectivity index (χ2v) is 13.6. The smallest absolute Gasteiger partial charge is 0.237 e. The fourth-order valence-corrected chi connectivity index (χ4v) is 5.94. The molecule has 2 unspecified atom stereocenters. The van der Waals surface area contributed by atoms with Crippen LogP contribution in [0.4, 0.5) is 0 Å². The van der Waals surface area contributed by atoms with E-state index in [1.165, 1.54) is 141 Å². The second kappa shape index (κ2) is 31.9. The number of aromatic hydroxyl groups is 1. The maximum atomic E-state index is 12.7. The average molecular weight is 647 g/mol. The molecule has 0 fully saturated rings. The minimum absolute atomic E-state index is 0.171. The summed E-state index contributed by atoms with van der Waals surface area (Å²) < 4.78 is 12.2. The van der Waals surface area contributed by atoms with Crippen molar-refractivity contribution in [2.45, 2.75) is 187 Å². The van der Waals surface area contributed by atoms with Crippen LogP contribution in [0.25, 0.3) is 0 Å². The Morgan fingerprint density at radius 1 is 0.652 bits per heavy atom. The lowest BCUT2D eigenvalue weighted by atomic mass is 10.1. The van der Waals surface area contributed by atoms with Crippen molar-refractivity contribution in [3.63, 3.8) is 0 Å². The van der Waals surface area contributed by atoms with E-state index in [0.717, 1.165) is 25.0 Å². The van der Waals surface area contributed by atoms with E-state index in [1.807, 2.05) is 0 Å². The van der Waals surface area contributed by atoms with Crippen LogP contribution in [0.5, 0.6) is 5.75 Å². The molecule has 1 aromatic carbocycles. The Morgan fingerprint density at radius 3 is 1.52 bits per heavy atom. The minimum Gasteiger partial charge on any atom is -0.508 e. The van der Waals surface area contributed by atoms with E-state index < -0.39 is 6.04 Å². The van der Waals surface area contributed by atoms with Crippen molar-refractivity contribution in [3.8, 4) is 5.75 Å². The summed E-state index contributed by atoms with van der Waals surface area (Å²) in [7, 11) is 0. The Hall–Kier alpha value is -1.63. The fourth-order valence-electron chi connectivity index (χ4n) is 5.94. The predicted octanol–water partition coefficient (Wildman–Crippen LogP) is 10.2. The molecule has 1 rings (SSSR count). The topological polar surface area (TPSA) is 93.8 Å². The summed E-state index contributed by atoms with van der Waals surface area (Å²) in [6, 6.07) is 6.18. The van der Waals surface area contributed by atoms with Gasteiger partial charge in [0.15, 0.2) is 0 Å². The van der Waals surface area contributed by atoms with Crippen LogP contribution in [-0.2, 0) is 20.7 Å². The maximum Gasteiger partial charge on any atom is 0.237 e. The van der Waals surface area contributed by atoms with Gasteiger partial charge in [0.2, 0.25) is 5.91 Å². The van der Waals surface area contributed by atoms with Gasteiger partial charge in [-0.1, -0.05) is 167 Å². The number of nitrogens with one attached hydrogen (secondary N) is 1. The Morgan fingerprint density at radius 2 is 1.07 bits per heavy atom. The molecule has 0 radical (unpaired) electrons. The van der Waals surface area contributed by atoms with Gasteiger partial charge >= 0.3 is 0 Å². The molecule has 0 aliphatic carbocycles. The predicted molar refractivity (Wildman–Crippen MR) is 196 cm³/mol. The largest absolute Gasteiger partial charge is 0.508 e. The number of amides is 1. The molecule has 0 saturated heterocycles. The lowest BCUT2D eigenvalue weighted by Gasteiger charge is -2.20. The van der Waals surface area contributed by atoms with Crippen molar-refractivity contribution in [2.75, 3.05) is 26.4 Å². The number of carbonyl (C=O) groups excluding carboxylic acids is 1. The average Bonchev–Trinajstić information content (AvgIpc) is 3.06. The Kier molecular flexibility index (Phi) is 29.4. The highest BCUT2D eigenvalue weighted by Crippen LogP contribution is 2.14. The first-order valence-corrected chi connectivity index (χ1v) is 19.6. The Bertz CT molecular complexity index is 788. The number of ether oxygens (including phenoxy) is 2. The summed E-state index contributed by atoms with van der Waals surface area (Å²) in [6.45, 7) is 6.88. The van der Waals surface area contributed by atoms with Gasteiger partial charge in [0.1, 0.15) is 5.75 Å². The van der Waals surface area contributed by atoms with E-state index in [9.17, 15) is 9.90 Å². The van der Waals surface area contributed by atoms with E-state index in [0.29, 0.717) is 26.2 Å². The number of carbonyl (C=O) groups is 1. The van der Waals surface area contributed by atoms with Crippen molar-refractivity contribution in [2.24, 2.45) is 5.73 Å². The van der Waals surface area contributed by atoms with E-state index in [2.05, 4.69) is 19.2 Å². The molecule has 0 heterocycles. The van der Waals surface area contributed by atoms with Crippen LogP contribution in [0.15, 0.2) is 24.3 Å². The van der Waals surface area contributed by atoms with E-state index in [-0.39, 0.29) is 17.8 Å². The van der Waals surface area contributed by atoms with Crippen molar-refractivity contribution in [1.82, 2.24) is 5.32 Å². The molecule has 46 heavy (non-hydrogen) atoms. The highest BCUT2D eigenvalue weighted by Gasteiger charge is 2.17. The van der Waals surface area contributed by atoms with Crippen LogP contribution in [0.1, 0.15) is 174 Å². The molecule has 6 nitrogen and oxygen atoms in total. The van der Waals surface area contributed by atoms with E-state index in [1.54, 1.807) is 24.3 Å². The standard InChI is InChI=1S/C40H74N2O4/c1-3-5-7-9-11-13-15-17-19-21-23-25-31-45-35-38(34-42-40(44)39(41)33-36-27-29-37(43)30-28-36)46-32-26-24-22-20-18-16-14-12-10-8-6-4-2/h27-30,38-39,43H,3-26,31-35,41H2,1-2H3,(H,42,44). The Balaban J connectivity index is 2.24. The molecule has 4 N–H and O–H groups in total. The SMILES string of the molecule is CCCCCCCCCCCCCCOCC(CNC(=O)C(N)Cc1ccc(O)cc1)OCCCCCCCCCCCCCC. The summed E-state index contributed by atoms with van der Waals surface area (Å²) in [5, 5.41) is 12.5. The fraction of sp³-hybridized carbons (Fsp3) is 0.825. The molecule has 0 saturated carbocycles. The van der Waals surface area contributed by atoms with Crippen molar-refractivity contribution < 1.29 is 19.4 Å². The number of unbranched alkanes of at least 4 members (excludes halogenated alkanes) is 22. The molecule has 1 aromatic rings. The van der Waals surface area contributed by atoms with Crippen molar-refractivity contribution in [1.29, 1.82) is 0 Å². The van der Waals surface area contributed by atoms with Crippen LogP contribution in [-0.4, -0.2) is 49.5 Å². The lowest BCUT2D eigenvalue weighted by Crippen LogP contribution is -2.45. The van der Waals surface area contributed by atoms with Gasteiger partial charge in [-0.15, -0.1) is 0 Å².